The third-order valence-corrected chi connectivity index (χ3v) is 12.1. The van der Waals surface area contributed by atoms with Crippen LogP contribution in [0.4, 0.5) is 4.79 Å². The number of benzene rings is 3. The Morgan fingerprint density at radius 2 is 1.62 bits per heavy atom. The van der Waals surface area contributed by atoms with Gasteiger partial charge in [-0.25, -0.2) is 14.4 Å². The molecule has 2 aromatic heterocycles. The number of aromatic nitrogens is 3. The fourth-order valence-electron chi connectivity index (χ4n) is 7.66. The van der Waals surface area contributed by atoms with E-state index in [2.05, 4.69) is 36.6 Å². The van der Waals surface area contributed by atoms with Gasteiger partial charge in [-0.3, -0.25) is 33.5 Å². The van der Waals surface area contributed by atoms with Crippen LogP contribution in [0.2, 0.25) is 0 Å². The normalized spacial score (nSPS) is 17.1. The number of carboxylic acids is 1. The highest BCUT2D eigenvalue weighted by atomic mass is 32.2. The zero-order valence-corrected chi connectivity index (χ0v) is 38.5. The van der Waals surface area contributed by atoms with Crippen molar-refractivity contribution in [3.05, 3.63) is 147 Å². The number of rotatable bonds is 20. The minimum atomic E-state index is -1.60. The lowest BCUT2D eigenvalue weighted by atomic mass is 10.0. The Morgan fingerprint density at radius 1 is 0.899 bits per heavy atom. The molecule has 1 aliphatic rings. The van der Waals surface area contributed by atoms with Gasteiger partial charge < -0.3 is 56.5 Å². The Kier molecular flexibility index (Phi) is 17.0. The minimum Gasteiger partial charge on any atom is -0.508 e. The number of amides is 6. The molecule has 22 heteroatoms. The molecule has 5 unspecified atom stereocenters. The number of fused-ring (bicyclic) bond motifs is 1. The van der Waals surface area contributed by atoms with Crippen molar-refractivity contribution >= 4 is 58.3 Å². The number of H-pyrrole nitrogens is 2. The number of aliphatic hydroxyl groups is 1. The summed E-state index contributed by atoms with van der Waals surface area (Å²) in [6.45, 7) is 1.47. The maximum atomic E-state index is 14.5. The van der Waals surface area contributed by atoms with Crippen LogP contribution < -0.4 is 37.8 Å². The molecule has 1 fully saturated rings. The van der Waals surface area contributed by atoms with Crippen LogP contribution in [0.1, 0.15) is 47.5 Å². The smallest absolute Gasteiger partial charge is 0.331 e. The number of carbonyl (C=O) groups excluding carboxylic acids is 5. The van der Waals surface area contributed by atoms with Crippen LogP contribution in [0.15, 0.2) is 119 Å². The molecule has 0 radical (unpaired) electrons. The molecule has 6 rings (SSSR count). The Bertz CT molecular complexity index is 2810. The Balaban J connectivity index is 1.25. The first-order valence-electron chi connectivity index (χ1n) is 21.7. The van der Waals surface area contributed by atoms with Crippen molar-refractivity contribution in [3.63, 3.8) is 0 Å². The van der Waals surface area contributed by atoms with Crippen LogP contribution >= 0.6 is 11.8 Å². The third kappa shape index (κ3) is 13.2. The SMILES string of the molecule is CSCCC(NC(=O)NC(Cc1c[nH]c2ccccc12)C(=O)O)C(=O)NC(C(=O)N/C=C1\C[C@@H](O)[C@H](n2ccc(=O)[nH]c2=O)O1)C(C)N(C)C(=O)C(Cc1cccc(O)c1)NC(=O)c1ccccc1. The molecule has 0 bridgehead atoms. The summed E-state index contributed by atoms with van der Waals surface area (Å²) < 4.78 is 6.72. The first-order chi connectivity index (χ1) is 33.0. The number of phenolic OH excluding ortho intramolecular Hbond substituents is 1. The third-order valence-electron chi connectivity index (χ3n) is 11.5. The summed E-state index contributed by atoms with van der Waals surface area (Å²) in [5, 5.41) is 44.8. The number of phenols is 1. The Labute approximate surface area is 398 Å². The molecule has 1 saturated heterocycles. The van der Waals surface area contributed by atoms with Gasteiger partial charge in [0, 0.05) is 67.4 Å². The molecule has 0 saturated carbocycles. The van der Waals surface area contributed by atoms with Gasteiger partial charge >= 0.3 is 17.7 Å². The van der Waals surface area contributed by atoms with E-state index < -0.39 is 89.4 Å². The highest BCUT2D eigenvalue weighted by molar-refractivity contribution is 7.98. The molecular formula is C47H53N9O12S. The van der Waals surface area contributed by atoms with Gasteiger partial charge in [0.2, 0.25) is 23.9 Å². The Morgan fingerprint density at radius 3 is 2.33 bits per heavy atom. The van der Waals surface area contributed by atoms with Crippen LogP contribution in [-0.4, -0.2) is 126 Å². The van der Waals surface area contributed by atoms with Crippen molar-refractivity contribution in [2.45, 2.75) is 75.1 Å². The molecule has 7 atom stereocenters. The molecule has 3 heterocycles. The first-order valence-corrected chi connectivity index (χ1v) is 23.1. The van der Waals surface area contributed by atoms with Gasteiger partial charge in [-0.1, -0.05) is 48.5 Å². The number of ether oxygens (including phenoxy) is 1. The van der Waals surface area contributed by atoms with Gasteiger partial charge in [-0.2, -0.15) is 11.8 Å². The number of hydrogen-bond acceptors (Lipinski definition) is 12. The number of thioether (sulfide) groups is 1. The van der Waals surface area contributed by atoms with Crippen LogP contribution in [0.5, 0.6) is 5.75 Å². The molecule has 5 aromatic rings. The number of aliphatic carboxylic acids is 1. The second-order valence-corrected chi connectivity index (χ2v) is 17.3. The molecule has 0 spiro atoms. The molecule has 1 aliphatic heterocycles. The minimum absolute atomic E-state index is 0.00715. The van der Waals surface area contributed by atoms with Gasteiger partial charge in [0.1, 0.15) is 41.8 Å². The van der Waals surface area contributed by atoms with E-state index in [4.69, 9.17) is 4.74 Å². The number of urea groups is 1. The van der Waals surface area contributed by atoms with E-state index in [0.717, 1.165) is 38.8 Å². The Hall–Kier alpha value is -7.85. The maximum absolute atomic E-state index is 14.5. The standard InChI is InChI=1S/C47H53N9O12S/c1-26(55(2)43(63)35(21-27-10-9-13-30(57)20-27)50-40(60)28-11-5-4-6-12-28)39(42(62)49-25-31-23-37(58)44(68-31)56-18-16-38(59)53-47(56)67)54-41(61)34(17-19-69-3)51-46(66)52-36(45(64)65)22-29-24-48-33-15-8-7-14-32(29)33/h4-16,18,20,24-26,34-37,39,44,48,57-58H,17,19,21-23H2,1-3H3,(H,49,62)(H,50,60)(H,54,61)(H,64,65)(H2,51,52,66)(H,53,59,67)/b31-25+/t26?,34?,35?,36?,37-,39?,44-/m1/s1. The molecule has 364 valence electrons. The van der Waals surface area contributed by atoms with E-state index in [0.29, 0.717) is 16.9 Å². The molecular weight excluding hydrogens is 915 g/mol. The van der Waals surface area contributed by atoms with Crippen LogP contribution in [0.25, 0.3) is 10.9 Å². The van der Waals surface area contributed by atoms with Crippen molar-refractivity contribution < 1.29 is 48.8 Å². The van der Waals surface area contributed by atoms with Gasteiger partial charge in [0.15, 0.2) is 0 Å². The number of hydrogen-bond donors (Lipinski definition) is 10. The fraction of sp³-hybridized carbons (Fsp3) is 0.319. The summed E-state index contributed by atoms with van der Waals surface area (Å²) in [4.78, 5) is 113. The molecule has 21 nitrogen and oxygen atoms in total. The van der Waals surface area contributed by atoms with Crippen molar-refractivity contribution in [1.29, 1.82) is 0 Å². The summed E-state index contributed by atoms with van der Waals surface area (Å²) in [6.07, 6.45) is 2.76. The number of para-hydroxylation sites is 1. The lowest BCUT2D eigenvalue weighted by molar-refractivity contribution is -0.139. The van der Waals surface area contributed by atoms with E-state index in [9.17, 15) is 53.7 Å². The van der Waals surface area contributed by atoms with E-state index >= 15 is 0 Å². The summed E-state index contributed by atoms with van der Waals surface area (Å²) in [5.41, 5.74) is 0.634. The second-order valence-electron chi connectivity index (χ2n) is 16.3. The van der Waals surface area contributed by atoms with Gasteiger partial charge in [0.25, 0.3) is 11.5 Å². The van der Waals surface area contributed by atoms with Crippen molar-refractivity contribution in [2.75, 3.05) is 19.1 Å². The average Bonchev–Trinajstić information content (AvgIpc) is 3.92. The lowest BCUT2D eigenvalue weighted by Crippen LogP contribution is -2.62. The van der Waals surface area contributed by atoms with E-state index in [1.165, 1.54) is 37.9 Å². The number of aromatic amines is 2. The molecule has 6 amide bonds. The number of aromatic hydroxyl groups is 1. The summed E-state index contributed by atoms with van der Waals surface area (Å²) in [6, 6.07) is 14.8. The molecule has 0 aliphatic carbocycles. The number of nitrogens with zero attached hydrogens (tertiary/aromatic N) is 2. The van der Waals surface area contributed by atoms with Crippen molar-refractivity contribution in [2.24, 2.45) is 0 Å². The topological polar surface area (TPSA) is 306 Å². The summed E-state index contributed by atoms with van der Waals surface area (Å²) in [7, 11) is 1.36. The van der Waals surface area contributed by atoms with E-state index in [1.54, 1.807) is 61.0 Å². The van der Waals surface area contributed by atoms with Gasteiger partial charge in [-0.15, -0.1) is 0 Å². The lowest BCUT2D eigenvalue weighted by Gasteiger charge is -2.34. The van der Waals surface area contributed by atoms with Crippen LogP contribution in [-0.2, 0) is 36.8 Å². The predicted octanol–water partition coefficient (Wildman–Crippen LogP) is 1.45. The van der Waals surface area contributed by atoms with Gasteiger partial charge in [0.05, 0.1) is 6.04 Å². The van der Waals surface area contributed by atoms with E-state index in [1.807, 2.05) is 18.2 Å². The molecule has 10 N–H and O–H groups in total. The number of likely N-dealkylation sites (N-methyl/N-ethyl adjacent to an activating group) is 1. The summed E-state index contributed by atoms with van der Waals surface area (Å²) in [5.74, 6) is -4.11. The quantitative estimate of drug-likeness (QED) is 0.0529. The van der Waals surface area contributed by atoms with Crippen molar-refractivity contribution in [1.82, 2.24) is 46.0 Å². The zero-order valence-electron chi connectivity index (χ0n) is 37.7. The van der Waals surface area contributed by atoms with Crippen molar-refractivity contribution in [3.8, 4) is 5.75 Å². The number of carbonyl (C=O) groups is 6. The predicted molar refractivity (Wildman–Crippen MR) is 254 cm³/mol. The van der Waals surface area contributed by atoms with E-state index in [-0.39, 0.29) is 42.8 Å². The monoisotopic (exact) mass is 967 g/mol. The highest BCUT2D eigenvalue weighted by Gasteiger charge is 2.38. The first kappa shape index (κ1) is 50.6. The highest BCUT2D eigenvalue weighted by Crippen LogP contribution is 2.30. The van der Waals surface area contributed by atoms with Crippen LogP contribution in [0, 0.1) is 0 Å². The molecule has 3 aromatic carbocycles. The number of nitrogens with one attached hydrogen (secondary N) is 7. The van der Waals surface area contributed by atoms with Gasteiger partial charge in [-0.05, 0) is 66.8 Å². The number of aliphatic hydroxyl groups excluding tert-OH is 1. The fourth-order valence-corrected chi connectivity index (χ4v) is 8.13. The average molecular weight is 968 g/mol. The second kappa shape index (κ2) is 23.2. The summed E-state index contributed by atoms with van der Waals surface area (Å²) >= 11 is 1.36. The maximum Gasteiger partial charge on any atom is 0.331 e. The molecule has 69 heavy (non-hydrogen) atoms. The largest absolute Gasteiger partial charge is 0.508 e. The number of carboxylic acid groups (broad SMARTS) is 1. The zero-order chi connectivity index (χ0) is 49.8. The van der Waals surface area contributed by atoms with Crippen LogP contribution in [0.3, 0.4) is 0 Å².